The molecule has 1 N–H and O–H groups in total. The van der Waals surface area contributed by atoms with Crippen LogP contribution >= 0.6 is 0 Å². The van der Waals surface area contributed by atoms with Gasteiger partial charge in [0.15, 0.2) is 0 Å². The third-order valence-corrected chi connectivity index (χ3v) is 4.53. The van der Waals surface area contributed by atoms with Gasteiger partial charge in [-0.25, -0.2) is 4.79 Å². The summed E-state index contributed by atoms with van der Waals surface area (Å²) >= 11 is 0. The summed E-state index contributed by atoms with van der Waals surface area (Å²) in [5.41, 5.74) is 2.15. The number of fused-ring (bicyclic) bond motifs is 1. The highest BCUT2D eigenvalue weighted by molar-refractivity contribution is 6.19. The smallest absolute Gasteiger partial charge is 0.340 e. The van der Waals surface area contributed by atoms with Crippen molar-refractivity contribution in [2.24, 2.45) is 0 Å². The molecule has 2 aromatic carbocycles. The summed E-state index contributed by atoms with van der Waals surface area (Å²) < 4.78 is 5.08. The molecule has 0 aliphatic rings. The van der Waals surface area contributed by atoms with Crippen LogP contribution in [-0.4, -0.2) is 23.3 Å². The molecule has 0 radical (unpaired) electrons. The second-order valence-electron chi connectivity index (χ2n) is 6.45. The summed E-state index contributed by atoms with van der Waals surface area (Å²) in [6.45, 7) is 5.31. The van der Waals surface area contributed by atoms with Crippen molar-refractivity contribution in [2.45, 2.75) is 20.8 Å². The SMILES string of the molecule is CCOC(=O)c1c(C)[nH]c(C)c1C(=O)/C(C#N)=C/c1ccc2ccccc2c1. The van der Waals surface area contributed by atoms with Gasteiger partial charge in [-0.3, -0.25) is 4.79 Å². The lowest BCUT2D eigenvalue weighted by molar-refractivity contribution is 0.0523. The highest BCUT2D eigenvalue weighted by atomic mass is 16.5. The molecule has 0 unspecified atom stereocenters. The highest BCUT2D eigenvalue weighted by Crippen LogP contribution is 2.24. The Balaban J connectivity index is 2.06. The first-order valence-electron chi connectivity index (χ1n) is 8.97. The van der Waals surface area contributed by atoms with Crippen LogP contribution in [0.4, 0.5) is 0 Å². The number of aromatic nitrogens is 1. The second-order valence-corrected chi connectivity index (χ2v) is 6.45. The molecule has 3 rings (SSSR count). The van der Waals surface area contributed by atoms with E-state index < -0.39 is 11.8 Å². The van der Waals surface area contributed by atoms with Crippen molar-refractivity contribution < 1.29 is 14.3 Å². The molecule has 0 aliphatic carbocycles. The van der Waals surface area contributed by atoms with E-state index in [0.717, 1.165) is 16.3 Å². The van der Waals surface area contributed by atoms with E-state index in [-0.39, 0.29) is 23.3 Å². The number of aromatic amines is 1. The van der Waals surface area contributed by atoms with Crippen LogP contribution in [0.15, 0.2) is 48.0 Å². The Bertz CT molecular complexity index is 1150. The second kappa shape index (κ2) is 7.93. The number of H-pyrrole nitrogens is 1. The maximum atomic E-state index is 13.1. The maximum Gasteiger partial charge on any atom is 0.340 e. The zero-order valence-electron chi connectivity index (χ0n) is 16.0. The van der Waals surface area contributed by atoms with E-state index in [0.29, 0.717) is 11.4 Å². The fourth-order valence-electron chi connectivity index (χ4n) is 3.27. The van der Waals surface area contributed by atoms with E-state index in [9.17, 15) is 14.9 Å². The Hall–Kier alpha value is -3.65. The zero-order chi connectivity index (χ0) is 20.3. The molecule has 0 spiro atoms. The first-order chi connectivity index (χ1) is 13.5. The number of hydrogen-bond acceptors (Lipinski definition) is 4. The minimum Gasteiger partial charge on any atom is -0.462 e. The molecule has 5 nitrogen and oxygen atoms in total. The lowest BCUT2D eigenvalue weighted by atomic mass is 9.97. The van der Waals surface area contributed by atoms with Gasteiger partial charge in [0, 0.05) is 11.4 Å². The molecule has 0 aliphatic heterocycles. The lowest BCUT2D eigenvalue weighted by Crippen LogP contribution is -2.13. The van der Waals surface area contributed by atoms with Crippen LogP contribution in [0, 0.1) is 25.2 Å². The molecule has 28 heavy (non-hydrogen) atoms. The Morgan fingerprint density at radius 1 is 1.07 bits per heavy atom. The van der Waals surface area contributed by atoms with Gasteiger partial charge >= 0.3 is 5.97 Å². The first kappa shape index (κ1) is 19.1. The number of ketones is 1. The van der Waals surface area contributed by atoms with E-state index in [4.69, 9.17) is 4.74 Å². The zero-order valence-corrected chi connectivity index (χ0v) is 16.0. The Morgan fingerprint density at radius 3 is 2.43 bits per heavy atom. The van der Waals surface area contributed by atoms with Crippen LogP contribution in [0.3, 0.4) is 0 Å². The molecule has 0 saturated carbocycles. The molecule has 5 heteroatoms. The molecule has 1 heterocycles. The summed E-state index contributed by atoms with van der Waals surface area (Å²) in [6.07, 6.45) is 1.55. The monoisotopic (exact) mass is 372 g/mol. The van der Waals surface area contributed by atoms with Gasteiger partial charge in [0.25, 0.3) is 0 Å². The number of ether oxygens (including phenoxy) is 1. The van der Waals surface area contributed by atoms with Crippen molar-refractivity contribution in [2.75, 3.05) is 6.61 Å². The van der Waals surface area contributed by atoms with Crippen molar-refractivity contribution in [1.29, 1.82) is 5.26 Å². The largest absolute Gasteiger partial charge is 0.462 e. The summed E-state index contributed by atoms with van der Waals surface area (Å²) in [6, 6.07) is 15.5. The van der Waals surface area contributed by atoms with E-state index in [1.807, 2.05) is 48.5 Å². The quantitative estimate of drug-likeness (QED) is 0.303. The van der Waals surface area contributed by atoms with Gasteiger partial charge in [-0.2, -0.15) is 5.26 Å². The summed E-state index contributed by atoms with van der Waals surface area (Å²) in [7, 11) is 0. The van der Waals surface area contributed by atoms with Crippen LogP contribution in [0.5, 0.6) is 0 Å². The number of Topliss-reactive ketones (excluding diaryl/α,β-unsaturated/α-hetero) is 1. The van der Waals surface area contributed by atoms with Gasteiger partial charge in [0.05, 0.1) is 17.7 Å². The van der Waals surface area contributed by atoms with Gasteiger partial charge in [-0.05, 0) is 49.2 Å². The molecule has 0 saturated heterocycles. The van der Waals surface area contributed by atoms with Crippen LogP contribution < -0.4 is 0 Å². The summed E-state index contributed by atoms with van der Waals surface area (Å²) in [5.74, 6) is -1.07. The number of nitrogens with zero attached hydrogens (tertiary/aromatic N) is 1. The van der Waals surface area contributed by atoms with Gasteiger partial charge in [-0.1, -0.05) is 36.4 Å². The fraction of sp³-hybridized carbons (Fsp3) is 0.174. The van der Waals surface area contributed by atoms with Crippen molar-refractivity contribution in [1.82, 2.24) is 4.98 Å². The van der Waals surface area contributed by atoms with Crippen LogP contribution in [0.2, 0.25) is 0 Å². The average molecular weight is 372 g/mol. The molecular weight excluding hydrogens is 352 g/mol. The molecule has 3 aromatic rings. The number of esters is 1. The standard InChI is InChI=1S/C23H20N2O3/c1-4-28-23(27)21-15(3)25-14(2)20(21)22(26)19(13-24)12-16-9-10-17-7-5-6-8-18(17)11-16/h5-12,25H,4H2,1-3H3/b19-12+. The number of carbonyl (C=O) groups is 2. The topological polar surface area (TPSA) is 83.0 Å². The number of aryl methyl sites for hydroxylation is 2. The maximum absolute atomic E-state index is 13.1. The predicted molar refractivity (Wildman–Crippen MR) is 108 cm³/mol. The number of rotatable bonds is 5. The Morgan fingerprint density at radius 2 is 1.75 bits per heavy atom. The number of allylic oxidation sites excluding steroid dienone is 1. The Labute approximate surface area is 163 Å². The summed E-state index contributed by atoms with van der Waals surface area (Å²) in [5, 5.41) is 11.7. The van der Waals surface area contributed by atoms with E-state index in [2.05, 4.69) is 4.98 Å². The molecule has 0 bridgehead atoms. The van der Waals surface area contributed by atoms with E-state index in [1.165, 1.54) is 0 Å². The third kappa shape index (κ3) is 3.58. The van der Waals surface area contributed by atoms with Gasteiger partial charge in [-0.15, -0.1) is 0 Å². The fourth-order valence-corrected chi connectivity index (χ4v) is 3.27. The minimum atomic E-state index is -0.573. The normalized spacial score (nSPS) is 11.3. The van der Waals surface area contributed by atoms with E-state index >= 15 is 0 Å². The molecule has 0 fully saturated rings. The first-order valence-corrected chi connectivity index (χ1v) is 8.97. The number of hydrogen-bond donors (Lipinski definition) is 1. The predicted octanol–water partition coefficient (Wildman–Crippen LogP) is 4.75. The van der Waals surface area contributed by atoms with Crippen LogP contribution in [-0.2, 0) is 4.74 Å². The van der Waals surface area contributed by atoms with Gasteiger partial charge in [0.1, 0.15) is 11.6 Å². The van der Waals surface area contributed by atoms with Gasteiger partial charge in [0.2, 0.25) is 5.78 Å². The van der Waals surface area contributed by atoms with Crippen molar-refractivity contribution in [3.63, 3.8) is 0 Å². The number of nitriles is 1. The summed E-state index contributed by atoms with van der Waals surface area (Å²) in [4.78, 5) is 28.4. The van der Waals surface area contributed by atoms with Crippen molar-refractivity contribution >= 4 is 28.6 Å². The van der Waals surface area contributed by atoms with Crippen LogP contribution in [0.25, 0.3) is 16.8 Å². The molecule has 1 aromatic heterocycles. The van der Waals surface area contributed by atoms with Crippen molar-refractivity contribution in [3.05, 3.63) is 76.1 Å². The van der Waals surface area contributed by atoms with Crippen molar-refractivity contribution in [3.8, 4) is 6.07 Å². The average Bonchev–Trinajstić information content (AvgIpc) is 2.99. The molecule has 0 atom stereocenters. The molecular formula is C23H20N2O3. The molecule has 0 amide bonds. The number of nitrogens with one attached hydrogen (secondary N) is 1. The number of carbonyl (C=O) groups excluding carboxylic acids is 2. The lowest BCUT2D eigenvalue weighted by Gasteiger charge is -2.06. The Kier molecular flexibility index (Phi) is 5.42. The van der Waals surface area contributed by atoms with Crippen LogP contribution in [0.1, 0.15) is 44.6 Å². The number of benzene rings is 2. The van der Waals surface area contributed by atoms with E-state index in [1.54, 1.807) is 26.8 Å². The minimum absolute atomic E-state index is 0.0390. The van der Waals surface area contributed by atoms with Gasteiger partial charge < -0.3 is 9.72 Å². The molecule has 140 valence electrons. The highest BCUT2D eigenvalue weighted by Gasteiger charge is 2.27. The third-order valence-electron chi connectivity index (χ3n) is 4.53.